The first-order valence-corrected chi connectivity index (χ1v) is 8.78. The Kier molecular flexibility index (Phi) is 6.55. The number of nitrogens with one attached hydrogen (secondary N) is 2. The van der Waals surface area contributed by atoms with Crippen LogP contribution in [0.25, 0.3) is 0 Å². The number of hydrogen-bond donors (Lipinski definition) is 3. The van der Waals surface area contributed by atoms with Crippen molar-refractivity contribution >= 4 is 17.5 Å². The van der Waals surface area contributed by atoms with Crippen molar-refractivity contribution in [1.29, 1.82) is 0 Å². The first-order chi connectivity index (χ1) is 13.0. The third-order valence-corrected chi connectivity index (χ3v) is 3.85. The van der Waals surface area contributed by atoms with E-state index in [0.717, 1.165) is 0 Å². The first-order valence-electron chi connectivity index (χ1n) is 8.78. The monoisotopic (exact) mass is 382 g/mol. The zero-order valence-corrected chi connectivity index (χ0v) is 16.3. The SMILES string of the molecule is Cc1cc(F)ccc1NC(=O)C(C)NC(=O)c1ccc(C#CC(C)(C)O)cc1. The van der Waals surface area contributed by atoms with Gasteiger partial charge >= 0.3 is 0 Å². The minimum absolute atomic E-state index is 0.381. The summed E-state index contributed by atoms with van der Waals surface area (Å²) in [5.74, 6) is 4.33. The molecule has 2 amide bonds. The van der Waals surface area contributed by atoms with Gasteiger partial charge in [0.05, 0.1) is 0 Å². The Hall–Kier alpha value is -3.17. The highest BCUT2D eigenvalue weighted by Crippen LogP contribution is 2.16. The van der Waals surface area contributed by atoms with Crippen LogP contribution in [-0.2, 0) is 4.79 Å². The van der Waals surface area contributed by atoms with Crippen molar-refractivity contribution in [3.05, 3.63) is 65.0 Å². The number of hydrogen-bond acceptors (Lipinski definition) is 3. The standard InChI is InChI=1S/C22H23FN2O3/c1-14-13-18(23)9-10-19(14)25-20(26)15(2)24-21(27)17-7-5-16(6-8-17)11-12-22(3,4)28/h5-10,13,15,28H,1-4H3,(H,24,27)(H,25,26). The van der Waals surface area contributed by atoms with Crippen molar-refractivity contribution in [2.24, 2.45) is 0 Å². The van der Waals surface area contributed by atoms with Gasteiger partial charge in [0.25, 0.3) is 5.91 Å². The second-order valence-electron chi connectivity index (χ2n) is 7.03. The summed E-state index contributed by atoms with van der Waals surface area (Å²) in [6.45, 7) is 6.42. The quantitative estimate of drug-likeness (QED) is 0.712. The summed E-state index contributed by atoms with van der Waals surface area (Å²) >= 11 is 0. The van der Waals surface area contributed by atoms with Gasteiger partial charge in [0, 0.05) is 16.8 Å². The molecule has 0 bridgehead atoms. The van der Waals surface area contributed by atoms with E-state index in [1.54, 1.807) is 52.0 Å². The Balaban J connectivity index is 1.99. The molecule has 0 saturated carbocycles. The first kappa shape index (κ1) is 21.1. The molecular formula is C22H23FN2O3. The summed E-state index contributed by atoms with van der Waals surface area (Å²) in [7, 11) is 0. The van der Waals surface area contributed by atoms with Gasteiger partial charge in [-0.15, -0.1) is 0 Å². The molecule has 2 aromatic rings. The van der Waals surface area contributed by atoms with Gasteiger partial charge in [0.2, 0.25) is 5.91 Å². The number of aliphatic hydroxyl groups is 1. The highest BCUT2D eigenvalue weighted by molar-refractivity contribution is 6.01. The average Bonchev–Trinajstić information content (AvgIpc) is 2.62. The molecule has 0 saturated heterocycles. The van der Waals surface area contributed by atoms with Crippen LogP contribution >= 0.6 is 0 Å². The smallest absolute Gasteiger partial charge is 0.251 e. The lowest BCUT2D eigenvalue weighted by atomic mass is 10.1. The Labute approximate surface area is 164 Å². The van der Waals surface area contributed by atoms with Crippen LogP contribution in [0.1, 0.15) is 42.3 Å². The molecule has 0 spiro atoms. The molecule has 0 heterocycles. The second-order valence-corrected chi connectivity index (χ2v) is 7.03. The fourth-order valence-corrected chi connectivity index (χ4v) is 2.28. The van der Waals surface area contributed by atoms with Gasteiger partial charge in [-0.1, -0.05) is 11.8 Å². The molecule has 0 aromatic heterocycles. The number of rotatable bonds is 4. The molecular weight excluding hydrogens is 359 g/mol. The molecule has 146 valence electrons. The van der Waals surface area contributed by atoms with Crippen molar-refractivity contribution in [3.63, 3.8) is 0 Å². The van der Waals surface area contributed by atoms with E-state index in [1.165, 1.54) is 18.2 Å². The minimum atomic E-state index is -1.10. The van der Waals surface area contributed by atoms with Crippen molar-refractivity contribution in [2.45, 2.75) is 39.3 Å². The summed E-state index contributed by atoms with van der Waals surface area (Å²) in [5, 5.41) is 14.9. The van der Waals surface area contributed by atoms with Crippen molar-refractivity contribution in [1.82, 2.24) is 5.32 Å². The van der Waals surface area contributed by atoms with E-state index in [4.69, 9.17) is 0 Å². The van der Waals surface area contributed by atoms with Crippen LogP contribution in [0.4, 0.5) is 10.1 Å². The molecule has 28 heavy (non-hydrogen) atoms. The molecule has 5 nitrogen and oxygen atoms in total. The predicted molar refractivity (Wildman–Crippen MR) is 106 cm³/mol. The third-order valence-electron chi connectivity index (χ3n) is 3.85. The molecule has 0 aliphatic rings. The van der Waals surface area contributed by atoms with E-state index in [0.29, 0.717) is 22.4 Å². The van der Waals surface area contributed by atoms with Gasteiger partial charge in [-0.3, -0.25) is 9.59 Å². The van der Waals surface area contributed by atoms with Gasteiger partial charge < -0.3 is 15.7 Å². The number of aryl methyl sites for hydroxylation is 1. The minimum Gasteiger partial charge on any atom is -0.378 e. The number of carbonyl (C=O) groups excluding carboxylic acids is 2. The highest BCUT2D eigenvalue weighted by Gasteiger charge is 2.17. The second kappa shape index (κ2) is 8.68. The maximum atomic E-state index is 13.1. The third kappa shape index (κ3) is 6.22. The Bertz CT molecular complexity index is 935. The van der Waals surface area contributed by atoms with Crippen molar-refractivity contribution in [2.75, 3.05) is 5.32 Å². The van der Waals surface area contributed by atoms with E-state index in [2.05, 4.69) is 22.5 Å². The number of carbonyl (C=O) groups is 2. The lowest BCUT2D eigenvalue weighted by Gasteiger charge is -2.15. The number of benzene rings is 2. The topological polar surface area (TPSA) is 78.4 Å². The zero-order chi connectivity index (χ0) is 20.9. The zero-order valence-electron chi connectivity index (χ0n) is 16.3. The summed E-state index contributed by atoms with van der Waals surface area (Å²) in [6, 6.07) is 9.80. The maximum absolute atomic E-state index is 13.1. The van der Waals surface area contributed by atoms with E-state index < -0.39 is 23.5 Å². The molecule has 1 atom stereocenters. The molecule has 3 N–H and O–H groups in total. The fraction of sp³-hybridized carbons (Fsp3) is 0.273. The summed E-state index contributed by atoms with van der Waals surface area (Å²) < 4.78 is 13.1. The maximum Gasteiger partial charge on any atom is 0.251 e. The molecule has 2 rings (SSSR count). The van der Waals surface area contributed by atoms with Crippen molar-refractivity contribution < 1.29 is 19.1 Å². The number of amides is 2. The van der Waals surface area contributed by atoms with Crippen LogP contribution in [0.2, 0.25) is 0 Å². The van der Waals surface area contributed by atoms with Gasteiger partial charge in [-0.2, -0.15) is 0 Å². The molecule has 0 fully saturated rings. The summed E-state index contributed by atoms with van der Waals surface area (Å²) in [4.78, 5) is 24.6. The lowest BCUT2D eigenvalue weighted by molar-refractivity contribution is -0.117. The molecule has 0 aliphatic carbocycles. The van der Waals surface area contributed by atoms with E-state index in [-0.39, 0.29) is 5.82 Å². The number of anilines is 1. The van der Waals surface area contributed by atoms with Gasteiger partial charge in [-0.25, -0.2) is 4.39 Å². The van der Waals surface area contributed by atoms with Gasteiger partial charge in [-0.05, 0) is 75.7 Å². The fourth-order valence-electron chi connectivity index (χ4n) is 2.28. The average molecular weight is 382 g/mol. The van der Waals surface area contributed by atoms with E-state index in [1.807, 2.05) is 0 Å². The van der Waals surface area contributed by atoms with Crippen molar-refractivity contribution in [3.8, 4) is 11.8 Å². The van der Waals surface area contributed by atoms with Crippen LogP contribution < -0.4 is 10.6 Å². The largest absolute Gasteiger partial charge is 0.378 e. The molecule has 6 heteroatoms. The van der Waals surface area contributed by atoms with Crippen LogP contribution in [0.5, 0.6) is 0 Å². The Morgan fingerprint density at radius 2 is 1.79 bits per heavy atom. The van der Waals surface area contributed by atoms with Crippen LogP contribution in [0.3, 0.4) is 0 Å². The molecule has 0 radical (unpaired) electrons. The highest BCUT2D eigenvalue weighted by atomic mass is 19.1. The predicted octanol–water partition coefficient (Wildman–Crippen LogP) is 3.01. The van der Waals surface area contributed by atoms with E-state index >= 15 is 0 Å². The summed E-state index contributed by atoms with van der Waals surface area (Å²) in [6.07, 6.45) is 0. The Morgan fingerprint density at radius 3 is 2.36 bits per heavy atom. The van der Waals surface area contributed by atoms with Crippen LogP contribution in [-0.4, -0.2) is 28.6 Å². The molecule has 2 aromatic carbocycles. The van der Waals surface area contributed by atoms with Gasteiger partial charge in [0.15, 0.2) is 0 Å². The van der Waals surface area contributed by atoms with E-state index in [9.17, 15) is 19.1 Å². The summed E-state index contributed by atoms with van der Waals surface area (Å²) in [5.41, 5.74) is 1.03. The van der Waals surface area contributed by atoms with Crippen LogP contribution in [0, 0.1) is 24.6 Å². The van der Waals surface area contributed by atoms with Gasteiger partial charge in [0.1, 0.15) is 17.5 Å². The Morgan fingerprint density at radius 1 is 1.14 bits per heavy atom. The molecule has 0 aliphatic heterocycles. The number of halogens is 1. The van der Waals surface area contributed by atoms with Crippen LogP contribution in [0.15, 0.2) is 42.5 Å². The lowest BCUT2D eigenvalue weighted by Crippen LogP contribution is -2.41. The normalized spacial score (nSPS) is 11.8. The molecule has 1 unspecified atom stereocenters.